The van der Waals surface area contributed by atoms with Crippen molar-refractivity contribution >= 4 is 5.91 Å². The first-order valence-corrected chi connectivity index (χ1v) is 8.57. The van der Waals surface area contributed by atoms with E-state index in [1.54, 1.807) is 6.07 Å². The van der Waals surface area contributed by atoms with Crippen molar-refractivity contribution in [2.75, 3.05) is 19.8 Å². The number of fused-ring (bicyclic) bond motifs is 1. The van der Waals surface area contributed by atoms with E-state index < -0.39 is 0 Å². The molecule has 5 heteroatoms. The van der Waals surface area contributed by atoms with E-state index in [0.29, 0.717) is 31.9 Å². The van der Waals surface area contributed by atoms with Crippen molar-refractivity contribution < 1.29 is 19.0 Å². The van der Waals surface area contributed by atoms with Gasteiger partial charge in [-0.3, -0.25) is 4.79 Å². The molecular weight excluding hydrogens is 318 g/mol. The summed E-state index contributed by atoms with van der Waals surface area (Å²) in [6.45, 7) is 6.23. The van der Waals surface area contributed by atoms with Crippen molar-refractivity contribution in [1.29, 1.82) is 0 Å². The first-order valence-electron chi connectivity index (χ1n) is 8.57. The zero-order valence-electron chi connectivity index (χ0n) is 14.6. The number of amides is 1. The highest BCUT2D eigenvalue weighted by atomic mass is 16.5. The highest BCUT2D eigenvalue weighted by Crippen LogP contribution is 2.30. The molecule has 1 N–H and O–H groups in total. The van der Waals surface area contributed by atoms with Gasteiger partial charge in [0.2, 0.25) is 0 Å². The molecule has 0 saturated heterocycles. The number of benzene rings is 2. The summed E-state index contributed by atoms with van der Waals surface area (Å²) in [7, 11) is 0. The predicted octanol–water partition coefficient (Wildman–Crippen LogP) is 3.49. The number of aryl methyl sites for hydroxylation is 1. The van der Waals surface area contributed by atoms with Crippen LogP contribution in [0.3, 0.4) is 0 Å². The van der Waals surface area contributed by atoms with Gasteiger partial charge in [-0.1, -0.05) is 6.07 Å². The molecule has 0 unspecified atom stereocenters. The van der Waals surface area contributed by atoms with Gasteiger partial charge in [-0.25, -0.2) is 0 Å². The van der Waals surface area contributed by atoms with Crippen LogP contribution in [0, 0.1) is 6.92 Å². The summed E-state index contributed by atoms with van der Waals surface area (Å²) in [4.78, 5) is 12.4. The molecule has 0 aromatic heterocycles. The van der Waals surface area contributed by atoms with Crippen LogP contribution < -0.4 is 19.5 Å². The number of ether oxygens (including phenoxy) is 3. The Balaban J connectivity index is 1.64. The Morgan fingerprint density at radius 1 is 1.12 bits per heavy atom. The Labute approximate surface area is 147 Å². The van der Waals surface area contributed by atoms with Crippen molar-refractivity contribution in [3.63, 3.8) is 0 Å². The largest absolute Gasteiger partial charge is 0.494 e. The summed E-state index contributed by atoms with van der Waals surface area (Å²) in [5.74, 6) is 2.19. The van der Waals surface area contributed by atoms with E-state index in [-0.39, 0.29) is 5.91 Å². The lowest BCUT2D eigenvalue weighted by molar-refractivity contribution is 0.0950. The minimum Gasteiger partial charge on any atom is -0.494 e. The molecule has 2 aromatic carbocycles. The second kappa shape index (κ2) is 7.92. The van der Waals surface area contributed by atoms with E-state index in [0.717, 1.165) is 34.8 Å². The predicted molar refractivity (Wildman–Crippen MR) is 95.6 cm³/mol. The zero-order chi connectivity index (χ0) is 17.6. The number of nitrogens with one attached hydrogen (secondary N) is 1. The fraction of sp³-hybridized carbons (Fsp3) is 0.350. The standard InChI is InChI=1S/C20H23NO4/c1-3-23-17-8-6-16(11-14(17)2)20(22)21-13-15-5-7-18-19(12-15)25-10-4-9-24-18/h5-8,11-12H,3-4,9-10,13H2,1-2H3,(H,21,22). The quantitative estimate of drug-likeness (QED) is 0.904. The molecular formula is C20H23NO4. The molecule has 0 fully saturated rings. The van der Waals surface area contributed by atoms with Crippen LogP contribution in [0.25, 0.3) is 0 Å². The Morgan fingerprint density at radius 3 is 2.68 bits per heavy atom. The molecule has 0 radical (unpaired) electrons. The highest BCUT2D eigenvalue weighted by Gasteiger charge is 2.12. The molecule has 1 heterocycles. The van der Waals surface area contributed by atoms with Crippen LogP contribution >= 0.6 is 0 Å². The third kappa shape index (κ3) is 4.24. The Kier molecular flexibility index (Phi) is 5.43. The van der Waals surface area contributed by atoms with Crippen LogP contribution in [-0.2, 0) is 6.54 Å². The monoisotopic (exact) mass is 341 g/mol. The maximum Gasteiger partial charge on any atom is 0.251 e. The molecule has 3 rings (SSSR count). The van der Waals surface area contributed by atoms with Gasteiger partial charge in [-0.15, -0.1) is 0 Å². The van der Waals surface area contributed by atoms with Gasteiger partial charge in [0.15, 0.2) is 11.5 Å². The average molecular weight is 341 g/mol. The van der Waals surface area contributed by atoms with Crippen LogP contribution in [0.2, 0.25) is 0 Å². The Hall–Kier alpha value is -2.69. The van der Waals surface area contributed by atoms with Crippen molar-refractivity contribution in [2.45, 2.75) is 26.8 Å². The molecule has 0 bridgehead atoms. The molecule has 1 aliphatic heterocycles. The third-order valence-corrected chi connectivity index (χ3v) is 4.00. The molecule has 0 atom stereocenters. The maximum atomic E-state index is 12.4. The van der Waals surface area contributed by atoms with Gasteiger partial charge in [0.05, 0.1) is 19.8 Å². The average Bonchev–Trinajstić information content (AvgIpc) is 2.86. The highest BCUT2D eigenvalue weighted by molar-refractivity contribution is 5.94. The summed E-state index contributed by atoms with van der Waals surface area (Å²) in [5, 5.41) is 2.94. The van der Waals surface area contributed by atoms with E-state index in [4.69, 9.17) is 14.2 Å². The van der Waals surface area contributed by atoms with Crippen LogP contribution in [0.4, 0.5) is 0 Å². The van der Waals surface area contributed by atoms with Crippen LogP contribution in [0.5, 0.6) is 17.2 Å². The van der Waals surface area contributed by atoms with Gasteiger partial charge >= 0.3 is 0 Å². The molecule has 1 aliphatic rings. The molecule has 132 valence electrons. The summed E-state index contributed by atoms with van der Waals surface area (Å²) in [5.41, 5.74) is 2.54. The molecule has 2 aromatic rings. The van der Waals surface area contributed by atoms with E-state index in [1.807, 2.05) is 44.2 Å². The van der Waals surface area contributed by atoms with E-state index in [2.05, 4.69) is 5.32 Å². The maximum absolute atomic E-state index is 12.4. The number of hydrogen-bond acceptors (Lipinski definition) is 4. The molecule has 0 saturated carbocycles. The number of carbonyl (C=O) groups excluding carboxylic acids is 1. The molecule has 25 heavy (non-hydrogen) atoms. The Bertz CT molecular complexity index is 757. The van der Waals surface area contributed by atoms with Crippen molar-refractivity contribution in [3.8, 4) is 17.2 Å². The molecule has 0 spiro atoms. The number of hydrogen-bond donors (Lipinski definition) is 1. The smallest absolute Gasteiger partial charge is 0.251 e. The van der Waals surface area contributed by atoms with E-state index in [9.17, 15) is 4.79 Å². The van der Waals surface area contributed by atoms with Gasteiger partial charge in [-0.05, 0) is 55.3 Å². The lowest BCUT2D eigenvalue weighted by Gasteiger charge is -2.11. The normalized spacial score (nSPS) is 13.0. The minimum atomic E-state index is -0.113. The second-order valence-corrected chi connectivity index (χ2v) is 5.93. The third-order valence-electron chi connectivity index (χ3n) is 4.00. The van der Waals surface area contributed by atoms with Gasteiger partial charge in [0.25, 0.3) is 5.91 Å². The van der Waals surface area contributed by atoms with Crippen molar-refractivity contribution in [3.05, 3.63) is 53.1 Å². The number of rotatable bonds is 5. The minimum absolute atomic E-state index is 0.113. The summed E-state index contributed by atoms with van der Waals surface area (Å²) >= 11 is 0. The van der Waals surface area contributed by atoms with Crippen molar-refractivity contribution in [1.82, 2.24) is 5.32 Å². The van der Waals surface area contributed by atoms with Crippen molar-refractivity contribution in [2.24, 2.45) is 0 Å². The topological polar surface area (TPSA) is 56.8 Å². The van der Waals surface area contributed by atoms with Crippen LogP contribution in [0.1, 0.15) is 34.8 Å². The zero-order valence-corrected chi connectivity index (χ0v) is 14.6. The van der Waals surface area contributed by atoms with Crippen LogP contribution in [0.15, 0.2) is 36.4 Å². The summed E-state index contributed by atoms with van der Waals surface area (Å²) < 4.78 is 16.8. The summed E-state index contributed by atoms with van der Waals surface area (Å²) in [6.07, 6.45) is 0.873. The SMILES string of the molecule is CCOc1ccc(C(=O)NCc2ccc3c(c2)OCCCO3)cc1C. The lowest BCUT2D eigenvalue weighted by Crippen LogP contribution is -2.22. The first-order chi connectivity index (χ1) is 12.2. The van der Waals surface area contributed by atoms with Crippen LogP contribution in [-0.4, -0.2) is 25.7 Å². The first kappa shape index (κ1) is 17.1. The molecule has 5 nitrogen and oxygen atoms in total. The van der Waals surface area contributed by atoms with Gasteiger partial charge < -0.3 is 19.5 Å². The lowest BCUT2D eigenvalue weighted by atomic mass is 10.1. The van der Waals surface area contributed by atoms with Gasteiger partial charge in [0, 0.05) is 18.5 Å². The van der Waals surface area contributed by atoms with E-state index in [1.165, 1.54) is 0 Å². The van der Waals surface area contributed by atoms with Gasteiger partial charge in [0.1, 0.15) is 5.75 Å². The van der Waals surface area contributed by atoms with E-state index >= 15 is 0 Å². The van der Waals surface area contributed by atoms with Gasteiger partial charge in [-0.2, -0.15) is 0 Å². The Morgan fingerprint density at radius 2 is 1.92 bits per heavy atom. The number of carbonyl (C=O) groups is 1. The fourth-order valence-electron chi connectivity index (χ4n) is 2.71. The summed E-state index contributed by atoms with van der Waals surface area (Å²) in [6, 6.07) is 11.2. The fourth-order valence-corrected chi connectivity index (χ4v) is 2.71. The molecule has 0 aliphatic carbocycles. The second-order valence-electron chi connectivity index (χ2n) is 5.93. The molecule has 1 amide bonds.